The molecule has 1 heterocycles. The fraction of sp³-hybridized carbons (Fsp3) is 0.235. The summed E-state index contributed by atoms with van der Waals surface area (Å²) in [4.78, 5) is 4.09. The summed E-state index contributed by atoms with van der Waals surface area (Å²) in [7, 11) is 1.93. The monoisotopic (exact) mass is 282 g/mol. The van der Waals surface area contributed by atoms with Gasteiger partial charge in [0.25, 0.3) is 0 Å². The molecule has 4 nitrogen and oxygen atoms in total. The number of aliphatic hydroxyl groups is 1. The molecule has 108 valence electrons. The minimum atomic E-state index is -0.573. The molecule has 0 amide bonds. The second-order valence-corrected chi connectivity index (χ2v) is 5.17. The van der Waals surface area contributed by atoms with Crippen molar-refractivity contribution >= 4 is 10.8 Å². The zero-order valence-corrected chi connectivity index (χ0v) is 12.2. The quantitative estimate of drug-likeness (QED) is 0.799. The summed E-state index contributed by atoms with van der Waals surface area (Å²) in [6, 6.07) is 12.0. The third-order valence-electron chi connectivity index (χ3n) is 3.64. The molecule has 0 saturated carbocycles. The summed E-state index contributed by atoms with van der Waals surface area (Å²) in [5, 5.41) is 12.1. The Balaban J connectivity index is 2.02. The minimum absolute atomic E-state index is 0.421. The lowest BCUT2D eigenvalue weighted by atomic mass is 10.0. The van der Waals surface area contributed by atoms with E-state index in [1.54, 1.807) is 19.4 Å². The van der Waals surface area contributed by atoms with Crippen LogP contribution in [0.4, 0.5) is 0 Å². The minimum Gasteiger partial charge on any atom is -0.486 e. The molecular weight excluding hydrogens is 264 g/mol. The van der Waals surface area contributed by atoms with Crippen molar-refractivity contribution in [3.8, 4) is 5.75 Å². The maximum atomic E-state index is 9.98. The predicted molar refractivity (Wildman–Crippen MR) is 82.1 cm³/mol. The molecule has 0 aliphatic heterocycles. The number of rotatable bonds is 4. The fourth-order valence-electron chi connectivity index (χ4n) is 2.42. The Hall–Kier alpha value is -2.33. The molecule has 0 saturated heterocycles. The van der Waals surface area contributed by atoms with E-state index in [1.807, 2.05) is 48.0 Å². The molecule has 0 aliphatic carbocycles. The van der Waals surface area contributed by atoms with Crippen LogP contribution in [0.15, 0.2) is 48.9 Å². The summed E-state index contributed by atoms with van der Waals surface area (Å²) < 4.78 is 7.94. The summed E-state index contributed by atoms with van der Waals surface area (Å²) in [5.74, 6) is 0.740. The van der Waals surface area contributed by atoms with Crippen molar-refractivity contribution in [3.05, 3.63) is 60.2 Å². The lowest BCUT2D eigenvalue weighted by Gasteiger charge is -2.16. The molecule has 4 heteroatoms. The van der Waals surface area contributed by atoms with Crippen LogP contribution in [0.25, 0.3) is 10.8 Å². The van der Waals surface area contributed by atoms with Crippen LogP contribution in [0, 0.1) is 0 Å². The first-order valence-corrected chi connectivity index (χ1v) is 6.94. The molecule has 0 aliphatic rings. The highest BCUT2D eigenvalue weighted by molar-refractivity contribution is 5.89. The first-order valence-electron chi connectivity index (χ1n) is 6.94. The second-order valence-electron chi connectivity index (χ2n) is 5.17. The Morgan fingerprint density at radius 3 is 2.76 bits per heavy atom. The van der Waals surface area contributed by atoms with Crippen LogP contribution in [0.3, 0.4) is 0 Å². The van der Waals surface area contributed by atoms with E-state index in [0.29, 0.717) is 6.61 Å². The van der Waals surface area contributed by atoms with Crippen LogP contribution in [0.1, 0.15) is 24.3 Å². The number of benzene rings is 2. The van der Waals surface area contributed by atoms with E-state index in [0.717, 1.165) is 27.8 Å². The van der Waals surface area contributed by atoms with Crippen molar-refractivity contribution < 1.29 is 9.84 Å². The van der Waals surface area contributed by atoms with E-state index in [9.17, 15) is 5.11 Å². The van der Waals surface area contributed by atoms with E-state index < -0.39 is 6.10 Å². The molecule has 21 heavy (non-hydrogen) atoms. The number of hydrogen-bond acceptors (Lipinski definition) is 3. The normalized spacial score (nSPS) is 12.5. The van der Waals surface area contributed by atoms with Gasteiger partial charge in [-0.2, -0.15) is 0 Å². The molecule has 3 rings (SSSR count). The Bertz CT molecular complexity index is 762. The lowest BCUT2D eigenvalue weighted by molar-refractivity contribution is 0.190. The van der Waals surface area contributed by atoms with Gasteiger partial charge in [0.15, 0.2) is 0 Å². The smallest absolute Gasteiger partial charge is 0.133 e. The first kappa shape index (κ1) is 13.6. The number of nitrogens with zero attached hydrogens (tertiary/aromatic N) is 2. The van der Waals surface area contributed by atoms with Crippen molar-refractivity contribution in [2.45, 2.75) is 19.6 Å². The van der Waals surface area contributed by atoms with Gasteiger partial charge in [0.05, 0.1) is 24.3 Å². The summed E-state index contributed by atoms with van der Waals surface area (Å²) in [5.41, 5.74) is 1.79. The van der Waals surface area contributed by atoms with Crippen molar-refractivity contribution in [2.75, 3.05) is 0 Å². The van der Waals surface area contributed by atoms with Gasteiger partial charge in [-0.1, -0.05) is 36.4 Å². The molecule has 0 radical (unpaired) electrons. The van der Waals surface area contributed by atoms with Crippen LogP contribution in [-0.2, 0) is 13.7 Å². The maximum absolute atomic E-state index is 9.98. The van der Waals surface area contributed by atoms with Crippen molar-refractivity contribution in [3.63, 3.8) is 0 Å². The van der Waals surface area contributed by atoms with Gasteiger partial charge in [0, 0.05) is 18.0 Å². The van der Waals surface area contributed by atoms with Crippen LogP contribution in [0.2, 0.25) is 0 Å². The molecule has 1 aromatic heterocycles. The summed E-state index contributed by atoms with van der Waals surface area (Å²) >= 11 is 0. The molecule has 0 spiro atoms. The van der Waals surface area contributed by atoms with Crippen LogP contribution < -0.4 is 4.74 Å². The van der Waals surface area contributed by atoms with Gasteiger partial charge in [-0.05, 0) is 12.3 Å². The molecule has 2 aromatic carbocycles. The standard InChI is InChI=1S/C17H18N2O2/c1-12(20)15-8-7-13-5-3-4-6-16(13)17(15)21-10-14-9-18-11-19(14)2/h3-9,11-12,20H,10H2,1-2H3/t12-/m1/s1. The van der Waals surface area contributed by atoms with Gasteiger partial charge >= 0.3 is 0 Å². The van der Waals surface area contributed by atoms with Crippen molar-refractivity contribution in [1.29, 1.82) is 0 Å². The highest BCUT2D eigenvalue weighted by Gasteiger charge is 2.13. The average Bonchev–Trinajstić information content (AvgIpc) is 2.89. The van der Waals surface area contributed by atoms with Gasteiger partial charge in [0.1, 0.15) is 12.4 Å². The second kappa shape index (κ2) is 5.58. The Morgan fingerprint density at radius 2 is 2.05 bits per heavy atom. The van der Waals surface area contributed by atoms with Gasteiger partial charge < -0.3 is 14.4 Å². The van der Waals surface area contributed by atoms with Crippen molar-refractivity contribution in [1.82, 2.24) is 9.55 Å². The molecule has 0 unspecified atom stereocenters. The van der Waals surface area contributed by atoms with Crippen LogP contribution in [-0.4, -0.2) is 14.7 Å². The van der Waals surface area contributed by atoms with E-state index in [2.05, 4.69) is 4.98 Å². The fourth-order valence-corrected chi connectivity index (χ4v) is 2.42. The summed E-state index contributed by atoms with van der Waals surface area (Å²) in [6.45, 7) is 2.17. The van der Waals surface area contributed by atoms with E-state index in [1.165, 1.54) is 0 Å². The third kappa shape index (κ3) is 2.62. The van der Waals surface area contributed by atoms with Crippen LogP contribution >= 0.6 is 0 Å². The average molecular weight is 282 g/mol. The number of imidazole rings is 1. The number of aromatic nitrogens is 2. The molecule has 3 aromatic rings. The highest BCUT2D eigenvalue weighted by Crippen LogP contribution is 2.34. The van der Waals surface area contributed by atoms with E-state index >= 15 is 0 Å². The summed E-state index contributed by atoms with van der Waals surface area (Å²) in [6.07, 6.45) is 2.96. The molecule has 1 N–H and O–H groups in total. The third-order valence-corrected chi connectivity index (χ3v) is 3.64. The van der Waals surface area contributed by atoms with Gasteiger partial charge in [-0.25, -0.2) is 4.98 Å². The van der Waals surface area contributed by atoms with Gasteiger partial charge in [-0.15, -0.1) is 0 Å². The zero-order chi connectivity index (χ0) is 14.8. The molecule has 0 bridgehead atoms. The Morgan fingerprint density at radius 1 is 1.24 bits per heavy atom. The topological polar surface area (TPSA) is 47.3 Å². The molecule has 0 fully saturated rings. The predicted octanol–water partition coefficient (Wildman–Crippen LogP) is 3.21. The van der Waals surface area contributed by atoms with E-state index in [4.69, 9.17) is 4.74 Å². The molecular formula is C17H18N2O2. The van der Waals surface area contributed by atoms with E-state index in [-0.39, 0.29) is 0 Å². The number of ether oxygens (including phenoxy) is 1. The van der Waals surface area contributed by atoms with Crippen LogP contribution in [0.5, 0.6) is 5.75 Å². The zero-order valence-electron chi connectivity index (χ0n) is 12.2. The largest absolute Gasteiger partial charge is 0.486 e. The van der Waals surface area contributed by atoms with Gasteiger partial charge in [0.2, 0.25) is 0 Å². The Labute approximate surface area is 123 Å². The number of aryl methyl sites for hydroxylation is 1. The highest BCUT2D eigenvalue weighted by atomic mass is 16.5. The number of fused-ring (bicyclic) bond motifs is 1. The SMILES string of the molecule is C[C@@H](O)c1ccc2ccccc2c1OCc1cncn1C. The number of aliphatic hydroxyl groups excluding tert-OH is 1. The maximum Gasteiger partial charge on any atom is 0.133 e. The first-order chi connectivity index (χ1) is 10.2. The molecule has 1 atom stereocenters. The van der Waals surface area contributed by atoms with Crippen molar-refractivity contribution in [2.24, 2.45) is 7.05 Å². The number of hydrogen-bond donors (Lipinski definition) is 1. The lowest BCUT2D eigenvalue weighted by Crippen LogP contribution is -2.04. The Kier molecular flexibility index (Phi) is 3.62. The van der Waals surface area contributed by atoms with Gasteiger partial charge in [-0.3, -0.25) is 0 Å².